The molecule has 4 nitrogen and oxygen atoms in total. The lowest BCUT2D eigenvalue weighted by Gasteiger charge is -2.20. The molecular weight excluding hydrogens is 374 g/mol. The molecule has 1 amide bonds. The maximum Gasteiger partial charge on any atom is 0.257 e. The molecule has 27 heavy (non-hydrogen) atoms. The van der Waals surface area contributed by atoms with Crippen molar-refractivity contribution in [2.75, 3.05) is 12.8 Å². The second kappa shape index (κ2) is 7.63. The molecule has 0 radical (unpaired) electrons. The molecule has 0 saturated carbocycles. The van der Waals surface area contributed by atoms with Crippen molar-refractivity contribution in [2.45, 2.75) is 18.7 Å². The van der Waals surface area contributed by atoms with E-state index in [9.17, 15) is 4.79 Å². The number of hydrogen-bond acceptors (Lipinski definition) is 4. The summed E-state index contributed by atoms with van der Waals surface area (Å²) in [6, 6.07) is 13.6. The van der Waals surface area contributed by atoms with E-state index in [1.54, 1.807) is 22.3 Å². The fourth-order valence-electron chi connectivity index (χ4n) is 3.37. The van der Waals surface area contributed by atoms with Crippen LogP contribution < -0.4 is 0 Å². The molecule has 2 aromatic heterocycles. The minimum absolute atomic E-state index is 0.0467. The molecular formula is C21H19N3OS2. The van der Waals surface area contributed by atoms with Crippen LogP contribution in [-0.4, -0.2) is 28.2 Å². The molecule has 3 aromatic rings. The average molecular weight is 394 g/mol. The van der Waals surface area contributed by atoms with Crippen LogP contribution in [0.15, 0.2) is 48.8 Å². The van der Waals surface area contributed by atoms with Gasteiger partial charge in [0.1, 0.15) is 5.00 Å². The van der Waals surface area contributed by atoms with Gasteiger partial charge in [-0.15, -0.1) is 11.3 Å². The van der Waals surface area contributed by atoms with Crippen LogP contribution >= 0.6 is 23.1 Å². The number of carbonyl (C=O) groups excluding carboxylic acids is 1. The minimum Gasteiger partial charge on any atom is -0.337 e. The molecule has 1 aromatic carbocycles. The standard InChI is InChI=1S/C21H19N3OS2/c1-23(13-16-6-4-5-15(11-16)12-22)20(25)19-17-7-10-26-14-18(17)27-21(19)24-8-2-3-9-24/h2-6,8-9,11H,7,10,13-14H2,1H3. The molecule has 1 aliphatic heterocycles. The highest BCUT2D eigenvalue weighted by Gasteiger charge is 2.28. The van der Waals surface area contributed by atoms with E-state index in [1.807, 2.05) is 66.1 Å². The molecule has 136 valence electrons. The van der Waals surface area contributed by atoms with Crippen molar-refractivity contribution >= 4 is 29.0 Å². The number of thiophene rings is 1. The van der Waals surface area contributed by atoms with Gasteiger partial charge in [0.15, 0.2) is 0 Å². The van der Waals surface area contributed by atoms with E-state index in [0.717, 1.165) is 34.1 Å². The number of benzene rings is 1. The van der Waals surface area contributed by atoms with Crippen molar-refractivity contribution < 1.29 is 4.79 Å². The Morgan fingerprint density at radius 3 is 2.89 bits per heavy atom. The molecule has 0 bridgehead atoms. The number of thioether (sulfide) groups is 1. The molecule has 4 rings (SSSR count). The summed E-state index contributed by atoms with van der Waals surface area (Å²) in [6.07, 6.45) is 4.94. The second-order valence-corrected chi connectivity index (χ2v) is 8.74. The van der Waals surface area contributed by atoms with Crippen LogP contribution in [0.1, 0.15) is 31.9 Å². The molecule has 0 unspecified atom stereocenters. The van der Waals surface area contributed by atoms with E-state index in [1.165, 1.54) is 10.4 Å². The molecule has 6 heteroatoms. The number of hydrogen-bond donors (Lipinski definition) is 0. The molecule has 1 aliphatic rings. The maximum atomic E-state index is 13.4. The third-order valence-electron chi connectivity index (χ3n) is 4.68. The van der Waals surface area contributed by atoms with E-state index < -0.39 is 0 Å². The number of nitrogens with zero attached hydrogens (tertiary/aromatic N) is 3. The first kappa shape index (κ1) is 17.9. The monoisotopic (exact) mass is 393 g/mol. The van der Waals surface area contributed by atoms with Crippen molar-refractivity contribution in [2.24, 2.45) is 0 Å². The minimum atomic E-state index is 0.0467. The molecule has 3 heterocycles. The number of nitriles is 1. The zero-order valence-corrected chi connectivity index (χ0v) is 16.6. The Morgan fingerprint density at radius 2 is 2.11 bits per heavy atom. The SMILES string of the molecule is CN(Cc1cccc(C#N)c1)C(=O)c1c(-n2cccc2)sc2c1CCSC2. The first-order chi connectivity index (χ1) is 13.2. The summed E-state index contributed by atoms with van der Waals surface area (Å²) < 4.78 is 2.05. The van der Waals surface area contributed by atoms with E-state index in [4.69, 9.17) is 5.26 Å². The summed E-state index contributed by atoms with van der Waals surface area (Å²) >= 11 is 3.66. The van der Waals surface area contributed by atoms with Crippen LogP contribution in [0.5, 0.6) is 0 Å². The van der Waals surface area contributed by atoms with Crippen LogP contribution in [0.25, 0.3) is 5.00 Å². The zero-order chi connectivity index (χ0) is 18.8. The Hall–Kier alpha value is -2.49. The summed E-state index contributed by atoms with van der Waals surface area (Å²) in [5, 5.41) is 10.1. The lowest BCUT2D eigenvalue weighted by Crippen LogP contribution is -2.28. The number of aromatic nitrogens is 1. The van der Waals surface area contributed by atoms with Crippen LogP contribution in [0.4, 0.5) is 0 Å². The third-order valence-corrected chi connectivity index (χ3v) is 7.09. The van der Waals surface area contributed by atoms with Gasteiger partial charge in [0.25, 0.3) is 5.91 Å². The summed E-state index contributed by atoms with van der Waals surface area (Å²) in [5.41, 5.74) is 3.63. The highest BCUT2D eigenvalue weighted by molar-refractivity contribution is 7.98. The molecule has 0 N–H and O–H groups in total. The van der Waals surface area contributed by atoms with Crippen LogP contribution in [0, 0.1) is 11.3 Å². The van der Waals surface area contributed by atoms with Gasteiger partial charge in [0.05, 0.1) is 17.2 Å². The first-order valence-corrected chi connectivity index (χ1v) is 10.7. The Kier molecular flexibility index (Phi) is 5.06. The van der Waals surface area contributed by atoms with Crippen molar-refractivity contribution in [1.82, 2.24) is 9.47 Å². The predicted octanol–water partition coefficient (Wildman–Crippen LogP) is 4.47. The van der Waals surface area contributed by atoms with Crippen molar-refractivity contribution in [1.29, 1.82) is 5.26 Å². The largest absolute Gasteiger partial charge is 0.337 e. The van der Waals surface area contributed by atoms with Gasteiger partial charge in [-0.05, 0) is 47.6 Å². The van der Waals surface area contributed by atoms with Crippen LogP contribution in [-0.2, 0) is 18.7 Å². The first-order valence-electron chi connectivity index (χ1n) is 8.77. The van der Waals surface area contributed by atoms with E-state index in [0.29, 0.717) is 12.1 Å². The number of amides is 1. The quantitative estimate of drug-likeness (QED) is 0.657. The summed E-state index contributed by atoms with van der Waals surface area (Å²) in [5.74, 6) is 2.09. The van der Waals surface area contributed by atoms with Gasteiger partial charge in [-0.1, -0.05) is 12.1 Å². The Morgan fingerprint density at radius 1 is 1.30 bits per heavy atom. The van der Waals surface area contributed by atoms with Crippen LogP contribution in [0.3, 0.4) is 0 Å². The van der Waals surface area contributed by atoms with E-state index in [2.05, 4.69) is 6.07 Å². The predicted molar refractivity (Wildman–Crippen MR) is 110 cm³/mol. The lowest BCUT2D eigenvalue weighted by molar-refractivity contribution is 0.0784. The lowest BCUT2D eigenvalue weighted by atomic mass is 10.1. The van der Waals surface area contributed by atoms with E-state index in [-0.39, 0.29) is 5.91 Å². The van der Waals surface area contributed by atoms with Crippen molar-refractivity contribution in [3.63, 3.8) is 0 Å². The molecule has 0 saturated heterocycles. The molecule has 0 atom stereocenters. The Labute approximate surface area is 167 Å². The summed E-state index contributed by atoms with van der Waals surface area (Å²) in [7, 11) is 1.84. The fourth-order valence-corrected chi connectivity index (χ4v) is 5.80. The Bertz CT molecular complexity index is 1010. The topological polar surface area (TPSA) is 49.0 Å². The average Bonchev–Trinajstić information content (AvgIpc) is 3.35. The number of carbonyl (C=O) groups is 1. The van der Waals surface area contributed by atoms with Gasteiger partial charge >= 0.3 is 0 Å². The van der Waals surface area contributed by atoms with E-state index >= 15 is 0 Å². The van der Waals surface area contributed by atoms with Gasteiger partial charge in [-0.2, -0.15) is 17.0 Å². The van der Waals surface area contributed by atoms with Crippen molar-refractivity contribution in [3.8, 4) is 11.1 Å². The van der Waals surface area contributed by atoms with Gasteiger partial charge in [-0.3, -0.25) is 4.79 Å². The smallest absolute Gasteiger partial charge is 0.257 e. The van der Waals surface area contributed by atoms with Gasteiger partial charge in [0, 0.05) is 36.6 Å². The fraction of sp³-hybridized carbons (Fsp3) is 0.238. The van der Waals surface area contributed by atoms with Crippen LogP contribution in [0.2, 0.25) is 0 Å². The van der Waals surface area contributed by atoms with Crippen molar-refractivity contribution in [3.05, 3.63) is 75.9 Å². The molecule has 0 aliphatic carbocycles. The highest BCUT2D eigenvalue weighted by Crippen LogP contribution is 2.39. The van der Waals surface area contributed by atoms with Gasteiger partial charge in [0.2, 0.25) is 0 Å². The zero-order valence-electron chi connectivity index (χ0n) is 15.0. The maximum absolute atomic E-state index is 13.4. The number of rotatable bonds is 4. The molecule has 0 fully saturated rings. The highest BCUT2D eigenvalue weighted by atomic mass is 32.2. The molecule has 0 spiro atoms. The van der Waals surface area contributed by atoms with Gasteiger partial charge < -0.3 is 9.47 Å². The normalized spacial score (nSPS) is 13.0. The second-order valence-electron chi connectivity index (χ2n) is 6.55. The Balaban J connectivity index is 1.68. The summed E-state index contributed by atoms with van der Waals surface area (Å²) in [6.45, 7) is 0.485. The summed E-state index contributed by atoms with van der Waals surface area (Å²) in [4.78, 5) is 16.5. The third kappa shape index (κ3) is 3.53. The van der Waals surface area contributed by atoms with Gasteiger partial charge in [-0.25, -0.2) is 0 Å². The number of fused-ring (bicyclic) bond motifs is 1.